The van der Waals surface area contributed by atoms with E-state index < -0.39 is 0 Å². The van der Waals surface area contributed by atoms with E-state index in [4.69, 9.17) is 0 Å². The molecule has 13 heavy (non-hydrogen) atoms. The molecule has 5 nitrogen and oxygen atoms in total. The molecule has 0 bridgehead atoms. The Labute approximate surface area is 90.6 Å². The van der Waals surface area contributed by atoms with Gasteiger partial charge in [0.25, 0.3) is 0 Å². The highest BCUT2D eigenvalue weighted by Gasteiger charge is 2.26. The number of rotatable bonds is 1. The molecule has 6 heteroatoms. The van der Waals surface area contributed by atoms with Crippen LogP contribution in [0.25, 0.3) is 0 Å². The van der Waals surface area contributed by atoms with Crippen LogP contribution in [0, 0.1) is 0 Å². The summed E-state index contributed by atoms with van der Waals surface area (Å²) in [4.78, 5) is 31.8. The summed E-state index contributed by atoms with van der Waals surface area (Å²) in [5.74, 6) is -0.147. The highest BCUT2D eigenvalue weighted by molar-refractivity contribution is 14.1. The second-order valence-electron chi connectivity index (χ2n) is 2.64. The third kappa shape index (κ3) is 4.81. The first-order chi connectivity index (χ1) is 5.99. The van der Waals surface area contributed by atoms with Crippen molar-refractivity contribution in [3.8, 4) is 0 Å². The van der Waals surface area contributed by atoms with Crippen LogP contribution in [0.4, 0.5) is 0 Å². The first-order valence-electron chi connectivity index (χ1n) is 3.62. The Morgan fingerprint density at radius 2 is 1.62 bits per heavy atom. The highest BCUT2D eigenvalue weighted by Crippen LogP contribution is 2.15. The average molecular weight is 298 g/mol. The average Bonchev–Trinajstić information content (AvgIpc) is 2.37. The van der Waals surface area contributed by atoms with Crippen molar-refractivity contribution in [3.05, 3.63) is 0 Å². The monoisotopic (exact) mass is 298 g/mol. The fourth-order valence-electron chi connectivity index (χ4n) is 0.549. The molecule has 0 unspecified atom stereocenters. The Kier molecular flexibility index (Phi) is 5.60. The molecule has 0 aromatic rings. The molecule has 1 rings (SSSR count). The Morgan fingerprint density at radius 3 is 1.69 bits per heavy atom. The minimum atomic E-state index is -0.0735. The summed E-state index contributed by atoms with van der Waals surface area (Å²) in [6.07, 6.45) is 1.53. The lowest BCUT2D eigenvalue weighted by molar-refractivity contribution is -0.130. The van der Waals surface area contributed by atoms with Crippen molar-refractivity contribution >= 4 is 41.1 Å². The van der Waals surface area contributed by atoms with Gasteiger partial charge in [0.2, 0.25) is 18.2 Å². The molecule has 0 radical (unpaired) electrons. The lowest BCUT2D eigenvalue weighted by atomic mass is 10.4. The zero-order valence-corrected chi connectivity index (χ0v) is 9.65. The van der Waals surface area contributed by atoms with Crippen molar-refractivity contribution in [1.29, 1.82) is 0 Å². The van der Waals surface area contributed by atoms with Crippen LogP contribution in [0.15, 0.2) is 0 Å². The minimum Gasteiger partial charge on any atom is -0.351 e. The molecule has 0 aromatic carbocycles. The Bertz CT molecular complexity index is 202. The summed E-state index contributed by atoms with van der Waals surface area (Å²) in [6, 6.07) is 0. The number of carbonyl (C=O) groups excluding carboxylic acids is 3. The van der Waals surface area contributed by atoms with E-state index in [2.05, 4.69) is 0 Å². The number of nitrogens with zero attached hydrogens (tertiary/aromatic N) is 2. The number of carbonyl (C=O) groups is 3. The van der Waals surface area contributed by atoms with E-state index in [0.717, 1.165) is 9.52 Å². The Morgan fingerprint density at radius 1 is 1.31 bits per heavy atom. The van der Waals surface area contributed by atoms with Gasteiger partial charge in [0.15, 0.2) is 0 Å². The van der Waals surface area contributed by atoms with Crippen molar-refractivity contribution in [1.82, 2.24) is 8.01 Å². The molecule has 1 aliphatic rings. The molecule has 0 aliphatic carbocycles. The predicted octanol–water partition coefficient (Wildman–Crippen LogP) is 0.190. The summed E-state index contributed by atoms with van der Waals surface area (Å²) < 4.78 is 1.14. The number of hydrogen-bond acceptors (Lipinski definition) is 3. The number of hydrogen-bond donors (Lipinski definition) is 0. The van der Waals surface area contributed by atoms with Gasteiger partial charge in [-0.2, -0.15) is 0 Å². The van der Waals surface area contributed by atoms with Gasteiger partial charge in [-0.05, 0) is 0 Å². The van der Waals surface area contributed by atoms with Crippen LogP contribution >= 0.6 is 22.9 Å². The lowest BCUT2D eigenvalue weighted by Crippen LogP contribution is -2.16. The molecule has 1 heterocycles. The largest absolute Gasteiger partial charge is 0.351 e. The zero-order chi connectivity index (χ0) is 10.4. The van der Waals surface area contributed by atoms with Crippen LogP contribution < -0.4 is 0 Å². The third-order valence-electron chi connectivity index (χ3n) is 1.20. The standard InChI is InChI=1S/C4H4INO2.C3H7NO/c5-6-3(7)1-2-4(6)8;1-4(2)3-5/h1-2H2;3H,1-2H3. The maximum atomic E-state index is 10.5. The smallest absolute Gasteiger partial charge is 0.238 e. The minimum absolute atomic E-state index is 0.0735. The molecule has 3 amide bonds. The molecule has 0 spiro atoms. The van der Waals surface area contributed by atoms with Crippen molar-refractivity contribution in [2.45, 2.75) is 12.8 Å². The van der Waals surface area contributed by atoms with Crippen molar-refractivity contribution in [2.24, 2.45) is 0 Å². The summed E-state index contributed by atoms with van der Waals surface area (Å²) in [6.45, 7) is 0. The van der Waals surface area contributed by atoms with Gasteiger partial charge < -0.3 is 4.90 Å². The fourth-order valence-corrected chi connectivity index (χ4v) is 1.03. The summed E-state index contributed by atoms with van der Waals surface area (Å²) in [5.41, 5.74) is 0. The molecular weight excluding hydrogens is 287 g/mol. The second-order valence-corrected chi connectivity index (χ2v) is 3.60. The summed E-state index contributed by atoms with van der Waals surface area (Å²) in [7, 11) is 3.38. The van der Waals surface area contributed by atoms with Gasteiger partial charge in [-0.15, -0.1) is 0 Å². The van der Waals surface area contributed by atoms with Gasteiger partial charge in [0.1, 0.15) is 0 Å². The van der Waals surface area contributed by atoms with Crippen LogP contribution in [-0.2, 0) is 14.4 Å². The van der Waals surface area contributed by atoms with Crippen LogP contribution in [0.3, 0.4) is 0 Å². The molecule has 0 aromatic heterocycles. The Hall–Kier alpha value is -0.660. The van der Waals surface area contributed by atoms with Crippen molar-refractivity contribution in [2.75, 3.05) is 14.1 Å². The van der Waals surface area contributed by atoms with Crippen LogP contribution in [0.2, 0.25) is 0 Å². The van der Waals surface area contributed by atoms with Crippen LogP contribution in [0.5, 0.6) is 0 Å². The topological polar surface area (TPSA) is 57.7 Å². The van der Waals surface area contributed by atoms with Gasteiger partial charge in [-0.1, -0.05) is 0 Å². The Balaban J connectivity index is 0.000000252. The molecule has 1 saturated heterocycles. The van der Waals surface area contributed by atoms with E-state index in [0.29, 0.717) is 12.8 Å². The van der Waals surface area contributed by atoms with Crippen LogP contribution in [0.1, 0.15) is 12.8 Å². The molecule has 1 aliphatic heterocycles. The van der Waals surface area contributed by atoms with E-state index in [1.807, 2.05) is 0 Å². The van der Waals surface area contributed by atoms with E-state index >= 15 is 0 Å². The van der Waals surface area contributed by atoms with E-state index in [1.165, 1.54) is 4.90 Å². The second kappa shape index (κ2) is 5.90. The third-order valence-corrected chi connectivity index (χ3v) is 2.28. The fraction of sp³-hybridized carbons (Fsp3) is 0.571. The van der Waals surface area contributed by atoms with Crippen molar-refractivity contribution in [3.63, 3.8) is 0 Å². The van der Waals surface area contributed by atoms with Crippen molar-refractivity contribution < 1.29 is 14.4 Å². The number of amides is 3. The van der Waals surface area contributed by atoms with Gasteiger partial charge >= 0.3 is 0 Å². The molecule has 0 saturated carbocycles. The van der Waals surface area contributed by atoms with Gasteiger partial charge in [-0.25, -0.2) is 3.11 Å². The van der Waals surface area contributed by atoms with E-state index in [1.54, 1.807) is 37.0 Å². The maximum Gasteiger partial charge on any atom is 0.238 e. The summed E-state index contributed by atoms with van der Waals surface area (Å²) in [5, 5.41) is 0. The number of halogens is 1. The normalized spacial score (nSPS) is 15.2. The van der Waals surface area contributed by atoms with E-state index in [-0.39, 0.29) is 11.8 Å². The predicted molar refractivity (Wildman–Crippen MR) is 54.9 cm³/mol. The molecule has 0 atom stereocenters. The van der Waals surface area contributed by atoms with Gasteiger partial charge in [0.05, 0.1) is 22.9 Å². The molecular formula is C7H11IN2O3. The SMILES string of the molecule is CN(C)C=O.O=C1CCC(=O)N1I. The summed E-state index contributed by atoms with van der Waals surface area (Å²) >= 11 is 1.72. The first-order valence-corrected chi connectivity index (χ1v) is 4.58. The van der Waals surface area contributed by atoms with Crippen LogP contribution in [-0.4, -0.2) is 40.3 Å². The van der Waals surface area contributed by atoms with E-state index in [9.17, 15) is 14.4 Å². The lowest BCUT2D eigenvalue weighted by Gasteiger charge is -1.97. The number of imide groups is 1. The molecule has 1 fully saturated rings. The molecule has 74 valence electrons. The molecule has 0 N–H and O–H groups in total. The van der Waals surface area contributed by atoms with Gasteiger partial charge in [-0.3, -0.25) is 14.4 Å². The zero-order valence-electron chi connectivity index (χ0n) is 7.49. The quantitative estimate of drug-likeness (QED) is 0.300. The van der Waals surface area contributed by atoms with Gasteiger partial charge in [0, 0.05) is 26.9 Å². The highest BCUT2D eigenvalue weighted by atomic mass is 127. The maximum absolute atomic E-state index is 10.5. The first kappa shape index (κ1) is 12.3.